The number of aryl methyl sites for hydroxylation is 1. The maximum atomic E-state index is 13.0. The zero-order valence-corrected chi connectivity index (χ0v) is 18.1. The van der Waals surface area contributed by atoms with Crippen LogP contribution in [0.5, 0.6) is 11.5 Å². The van der Waals surface area contributed by atoms with Gasteiger partial charge in [-0.2, -0.15) is 0 Å². The number of ether oxygens (including phenoxy) is 1. The third-order valence-electron chi connectivity index (χ3n) is 4.94. The first-order valence-corrected chi connectivity index (χ1v) is 9.99. The van der Waals surface area contributed by atoms with Crippen LogP contribution in [0.15, 0.2) is 63.1 Å². The average molecular weight is 485 g/mol. The van der Waals surface area contributed by atoms with Crippen LogP contribution in [0.25, 0.3) is 5.76 Å². The molecule has 1 saturated heterocycles. The van der Waals surface area contributed by atoms with Gasteiger partial charge in [-0.3, -0.25) is 14.5 Å². The van der Waals surface area contributed by atoms with Crippen LogP contribution < -0.4 is 9.64 Å². The molecule has 2 heterocycles. The summed E-state index contributed by atoms with van der Waals surface area (Å²) < 4.78 is 10.6. The molecular weight excluding hydrogens is 468 g/mol. The van der Waals surface area contributed by atoms with Crippen LogP contribution in [-0.4, -0.2) is 34.2 Å². The second-order valence-corrected chi connectivity index (χ2v) is 7.74. The fourth-order valence-electron chi connectivity index (χ4n) is 3.51. The van der Waals surface area contributed by atoms with E-state index < -0.39 is 17.7 Å². The van der Waals surface area contributed by atoms with Crippen molar-refractivity contribution in [2.45, 2.75) is 13.0 Å². The van der Waals surface area contributed by atoms with Gasteiger partial charge in [-0.25, -0.2) is 0 Å². The highest BCUT2D eigenvalue weighted by Gasteiger charge is 2.48. The van der Waals surface area contributed by atoms with Crippen molar-refractivity contribution in [2.75, 3.05) is 12.0 Å². The number of ketones is 1. The Balaban J connectivity index is 2.00. The van der Waals surface area contributed by atoms with Gasteiger partial charge in [0.2, 0.25) is 0 Å². The van der Waals surface area contributed by atoms with Crippen LogP contribution in [0.2, 0.25) is 0 Å². The number of phenolic OH excluding ortho intramolecular Hbond substituents is 1. The SMILES string of the molecule is COc1cc(C2/C(=C(/O)c3ccccc3)C(=O)C(=O)N2c2cc(C)on2)cc(Br)c1O. The normalized spacial score (nSPS) is 17.9. The van der Waals surface area contributed by atoms with Crippen molar-refractivity contribution < 1.29 is 29.1 Å². The first kappa shape index (κ1) is 20.7. The number of hydrogen-bond donors (Lipinski definition) is 2. The van der Waals surface area contributed by atoms with Crippen molar-refractivity contribution in [1.29, 1.82) is 0 Å². The highest BCUT2D eigenvalue weighted by Crippen LogP contribution is 2.45. The molecule has 0 saturated carbocycles. The Labute approximate surface area is 185 Å². The number of halogens is 1. The standard InChI is InChI=1S/C22H17BrN2O6/c1-11-8-16(24-31-11)25-18(13-9-14(23)20(27)15(10-13)30-2)17(21(28)22(25)29)19(26)12-6-4-3-5-7-12/h3-10,18,26-27H,1-2H3/b19-17-. The summed E-state index contributed by atoms with van der Waals surface area (Å²) in [7, 11) is 1.38. The lowest BCUT2D eigenvalue weighted by atomic mass is 9.95. The average Bonchev–Trinajstić information content (AvgIpc) is 3.31. The van der Waals surface area contributed by atoms with E-state index in [1.165, 1.54) is 19.2 Å². The molecule has 1 unspecified atom stereocenters. The van der Waals surface area contributed by atoms with E-state index in [0.29, 0.717) is 21.4 Å². The summed E-state index contributed by atoms with van der Waals surface area (Å²) in [6.07, 6.45) is 0. The van der Waals surface area contributed by atoms with Crippen LogP contribution in [0.4, 0.5) is 5.82 Å². The van der Waals surface area contributed by atoms with Crippen LogP contribution in [0, 0.1) is 6.92 Å². The van der Waals surface area contributed by atoms with E-state index >= 15 is 0 Å². The summed E-state index contributed by atoms with van der Waals surface area (Å²) in [4.78, 5) is 27.2. The van der Waals surface area contributed by atoms with Crippen LogP contribution in [0.1, 0.15) is 22.9 Å². The minimum Gasteiger partial charge on any atom is -0.507 e. The van der Waals surface area contributed by atoms with Crippen molar-refractivity contribution in [1.82, 2.24) is 5.16 Å². The fraction of sp³-hybridized carbons (Fsp3) is 0.136. The number of aliphatic hydroxyl groups is 1. The minimum absolute atomic E-state index is 0.114. The Hall–Kier alpha value is -3.59. The van der Waals surface area contributed by atoms with Gasteiger partial charge in [-0.15, -0.1) is 0 Å². The van der Waals surface area contributed by atoms with Gasteiger partial charge in [0.1, 0.15) is 11.5 Å². The molecule has 0 radical (unpaired) electrons. The van der Waals surface area contributed by atoms with Crippen LogP contribution >= 0.6 is 15.9 Å². The predicted molar refractivity (Wildman–Crippen MR) is 115 cm³/mol. The van der Waals surface area contributed by atoms with E-state index in [2.05, 4.69) is 21.1 Å². The van der Waals surface area contributed by atoms with Gasteiger partial charge < -0.3 is 19.5 Å². The predicted octanol–water partition coefficient (Wildman–Crippen LogP) is 4.09. The number of Topliss-reactive ketones (excluding diaryl/α,β-unsaturated/α-hetero) is 1. The topological polar surface area (TPSA) is 113 Å². The summed E-state index contributed by atoms with van der Waals surface area (Å²) >= 11 is 3.27. The quantitative estimate of drug-likeness (QED) is 0.325. The van der Waals surface area contributed by atoms with Crippen molar-refractivity contribution >= 4 is 39.2 Å². The Bertz CT molecular complexity index is 1220. The lowest BCUT2D eigenvalue weighted by molar-refractivity contribution is -0.132. The lowest BCUT2D eigenvalue weighted by Crippen LogP contribution is -2.29. The van der Waals surface area contributed by atoms with Crippen molar-refractivity contribution in [2.24, 2.45) is 0 Å². The molecule has 1 amide bonds. The zero-order valence-electron chi connectivity index (χ0n) is 16.5. The maximum absolute atomic E-state index is 13.0. The highest BCUT2D eigenvalue weighted by molar-refractivity contribution is 9.10. The molecule has 1 aromatic heterocycles. The molecule has 0 aliphatic carbocycles. The molecule has 2 aromatic carbocycles. The molecule has 9 heteroatoms. The Morgan fingerprint density at radius 2 is 1.90 bits per heavy atom. The van der Waals surface area contributed by atoms with Gasteiger partial charge in [0.05, 0.1) is 23.2 Å². The van der Waals surface area contributed by atoms with Crippen molar-refractivity contribution in [3.63, 3.8) is 0 Å². The molecule has 8 nitrogen and oxygen atoms in total. The Morgan fingerprint density at radius 1 is 1.19 bits per heavy atom. The van der Waals surface area contributed by atoms with Crippen molar-refractivity contribution in [3.05, 3.63) is 75.5 Å². The summed E-state index contributed by atoms with van der Waals surface area (Å²) in [5.74, 6) is -1.48. The Kier molecular flexibility index (Phi) is 5.28. The first-order chi connectivity index (χ1) is 14.8. The monoisotopic (exact) mass is 484 g/mol. The second kappa shape index (κ2) is 7.92. The summed E-state index contributed by atoms with van der Waals surface area (Å²) in [5, 5.41) is 25.1. The smallest absolute Gasteiger partial charge is 0.301 e. The van der Waals surface area contributed by atoms with E-state index in [0.717, 1.165) is 4.90 Å². The third-order valence-corrected chi connectivity index (χ3v) is 5.54. The molecule has 3 aromatic rings. The number of rotatable bonds is 4. The maximum Gasteiger partial charge on any atom is 0.301 e. The number of methoxy groups -OCH3 is 1. The molecule has 4 rings (SSSR count). The van der Waals surface area contributed by atoms with E-state index in [9.17, 15) is 19.8 Å². The molecule has 0 bridgehead atoms. The molecule has 158 valence electrons. The molecule has 1 atom stereocenters. The number of hydrogen-bond acceptors (Lipinski definition) is 7. The number of anilines is 1. The second-order valence-electron chi connectivity index (χ2n) is 6.88. The van der Waals surface area contributed by atoms with Crippen LogP contribution in [0.3, 0.4) is 0 Å². The van der Waals surface area contributed by atoms with Gasteiger partial charge in [-0.05, 0) is 40.5 Å². The van der Waals surface area contributed by atoms with Crippen molar-refractivity contribution in [3.8, 4) is 11.5 Å². The zero-order chi connectivity index (χ0) is 22.3. The van der Waals surface area contributed by atoms with E-state index in [4.69, 9.17) is 9.26 Å². The summed E-state index contributed by atoms with van der Waals surface area (Å²) in [5.41, 5.74) is 0.682. The number of aromatic hydroxyl groups is 1. The number of carbonyl (C=O) groups excluding carboxylic acids is 2. The van der Waals surface area contributed by atoms with E-state index in [1.807, 2.05) is 0 Å². The number of aromatic nitrogens is 1. The van der Waals surface area contributed by atoms with Gasteiger partial charge in [0.25, 0.3) is 5.78 Å². The fourth-order valence-corrected chi connectivity index (χ4v) is 3.97. The van der Waals surface area contributed by atoms with Gasteiger partial charge in [0.15, 0.2) is 17.3 Å². The van der Waals surface area contributed by atoms with Gasteiger partial charge >= 0.3 is 5.91 Å². The largest absolute Gasteiger partial charge is 0.507 e. The molecule has 31 heavy (non-hydrogen) atoms. The number of aliphatic hydroxyl groups excluding tert-OH is 1. The van der Waals surface area contributed by atoms with E-state index in [-0.39, 0.29) is 28.6 Å². The third kappa shape index (κ3) is 3.46. The number of amides is 1. The number of carbonyl (C=O) groups is 2. The molecule has 1 fully saturated rings. The molecule has 1 aliphatic heterocycles. The Morgan fingerprint density at radius 3 is 2.52 bits per heavy atom. The molecule has 2 N–H and O–H groups in total. The highest BCUT2D eigenvalue weighted by atomic mass is 79.9. The first-order valence-electron chi connectivity index (χ1n) is 9.19. The number of benzene rings is 2. The molecular formula is C22H17BrN2O6. The van der Waals surface area contributed by atoms with Gasteiger partial charge in [0, 0.05) is 11.6 Å². The lowest BCUT2D eigenvalue weighted by Gasteiger charge is -2.23. The summed E-state index contributed by atoms with van der Waals surface area (Å²) in [6.45, 7) is 1.66. The summed E-state index contributed by atoms with van der Waals surface area (Å²) in [6, 6.07) is 12.0. The number of phenols is 1. The minimum atomic E-state index is -1.03. The van der Waals surface area contributed by atoms with Gasteiger partial charge in [-0.1, -0.05) is 35.5 Å². The van der Waals surface area contributed by atoms with Crippen LogP contribution in [-0.2, 0) is 9.59 Å². The van der Waals surface area contributed by atoms with E-state index in [1.54, 1.807) is 43.3 Å². The molecule has 1 aliphatic rings. The molecule has 0 spiro atoms. The number of nitrogens with zero attached hydrogens (tertiary/aromatic N) is 2.